The lowest BCUT2D eigenvalue weighted by Crippen LogP contribution is -2.17. The SMILES string of the molecule is O=C1c2c(O)cccc2C(Br)c2cccc(O)c21. The molecule has 2 aromatic rings. The fourth-order valence-electron chi connectivity index (χ4n) is 2.32. The number of rotatable bonds is 0. The number of aromatic hydroxyl groups is 2. The zero-order valence-electron chi connectivity index (χ0n) is 9.22. The standard InChI is InChI=1S/C14H9BrO3/c15-13-7-3-1-5-9(16)11(7)14(18)12-8(13)4-2-6-10(12)17/h1-6,13,16-17H. The summed E-state index contributed by atoms with van der Waals surface area (Å²) in [5.74, 6) is -0.460. The van der Waals surface area contributed by atoms with E-state index in [4.69, 9.17) is 0 Å². The summed E-state index contributed by atoms with van der Waals surface area (Å²) in [4.78, 5) is 12.1. The van der Waals surface area contributed by atoms with Gasteiger partial charge >= 0.3 is 0 Å². The van der Waals surface area contributed by atoms with Crippen LogP contribution < -0.4 is 0 Å². The highest BCUT2D eigenvalue weighted by atomic mass is 79.9. The van der Waals surface area contributed by atoms with Crippen molar-refractivity contribution in [3.05, 3.63) is 58.7 Å². The third-order valence-electron chi connectivity index (χ3n) is 3.15. The summed E-state index contributed by atoms with van der Waals surface area (Å²) in [6.45, 7) is 0. The van der Waals surface area contributed by atoms with E-state index in [0.717, 1.165) is 11.1 Å². The summed E-state index contributed by atoms with van der Waals surface area (Å²) in [5.41, 5.74) is 1.96. The van der Waals surface area contributed by atoms with Crippen molar-refractivity contribution in [3.63, 3.8) is 0 Å². The first kappa shape index (κ1) is 11.3. The molecule has 0 spiro atoms. The van der Waals surface area contributed by atoms with Gasteiger partial charge in [-0.2, -0.15) is 0 Å². The van der Waals surface area contributed by atoms with Gasteiger partial charge in [0.15, 0.2) is 0 Å². The number of carbonyl (C=O) groups excluding carboxylic acids is 1. The Balaban J connectivity index is 2.36. The quantitative estimate of drug-likeness (QED) is 0.735. The smallest absolute Gasteiger partial charge is 0.201 e. The number of carbonyl (C=O) groups is 1. The van der Waals surface area contributed by atoms with E-state index in [0.29, 0.717) is 0 Å². The minimum Gasteiger partial charge on any atom is -0.507 e. The van der Waals surface area contributed by atoms with Crippen LogP contribution in [-0.4, -0.2) is 16.0 Å². The van der Waals surface area contributed by atoms with Gasteiger partial charge in [0.2, 0.25) is 5.78 Å². The number of hydrogen-bond acceptors (Lipinski definition) is 3. The Morgan fingerprint density at radius 1 is 0.889 bits per heavy atom. The van der Waals surface area contributed by atoms with Crippen molar-refractivity contribution in [2.75, 3.05) is 0 Å². The van der Waals surface area contributed by atoms with E-state index in [9.17, 15) is 15.0 Å². The molecule has 18 heavy (non-hydrogen) atoms. The molecule has 4 heteroatoms. The molecule has 0 saturated carbocycles. The van der Waals surface area contributed by atoms with Gasteiger partial charge in [-0.25, -0.2) is 0 Å². The van der Waals surface area contributed by atoms with Crippen LogP contribution in [0.1, 0.15) is 31.9 Å². The third-order valence-corrected chi connectivity index (χ3v) is 4.14. The lowest BCUT2D eigenvalue weighted by molar-refractivity contribution is 0.102. The molecule has 0 aliphatic heterocycles. The molecule has 0 heterocycles. The summed E-state index contributed by atoms with van der Waals surface area (Å²) < 4.78 is 0. The maximum Gasteiger partial charge on any atom is 0.201 e. The number of halogens is 1. The zero-order valence-corrected chi connectivity index (χ0v) is 10.8. The first-order valence-electron chi connectivity index (χ1n) is 5.43. The van der Waals surface area contributed by atoms with Crippen LogP contribution in [0.2, 0.25) is 0 Å². The molecule has 0 atom stereocenters. The predicted molar refractivity (Wildman–Crippen MR) is 70.4 cm³/mol. The van der Waals surface area contributed by atoms with Gasteiger partial charge in [-0.3, -0.25) is 4.79 Å². The Hall–Kier alpha value is -1.81. The second-order valence-electron chi connectivity index (χ2n) is 4.17. The average molecular weight is 305 g/mol. The van der Waals surface area contributed by atoms with Crippen molar-refractivity contribution in [1.29, 1.82) is 0 Å². The van der Waals surface area contributed by atoms with Crippen molar-refractivity contribution in [2.45, 2.75) is 4.83 Å². The molecule has 3 nitrogen and oxygen atoms in total. The predicted octanol–water partition coefficient (Wildman–Crippen LogP) is 3.13. The number of hydrogen-bond donors (Lipinski definition) is 2. The Labute approximate surface area is 112 Å². The number of alkyl halides is 1. The molecule has 1 aliphatic rings. The molecule has 0 saturated heterocycles. The second kappa shape index (κ2) is 3.85. The van der Waals surface area contributed by atoms with Gasteiger partial charge < -0.3 is 10.2 Å². The van der Waals surface area contributed by atoms with Crippen LogP contribution in [0, 0.1) is 0 Å². The van der Waals surface area contributed by atoms with Crippen molar-refractivity contribution < 1.29 is 15.0 Å². The Morgan fingerprint density at radius 2 is 1.33 bits per heavy atom. The summed E-state index contributed by atoms with van der Waals surface area (Å²) in [7, 11) is 0. The molecule has 0 fully saturated rings. The van der Waals surface area contributed by atoms with Gasteiger partial charge in [0.05, 0.1) is 16.0 Å². The lowest BCUT2D eigenvalue weighted by Gasteiger charge is -2.24. The van der Waals surface area contributed by atoms with Crippen molar-refractivity contribution >= 4 is 21.7 Å². The number of benzene rings is 2. The van der Waals surface area contributed by atoms with Crippen LogP contribution in [0.4, 0.5) is 0 Å². The Morgan fingerprint density at radius 3 is 1.78 bits per heavy atom. The molecular formula is C14H9BrO3. The molecule has 3 rings (SSSR count). The minimum absolute atomic E-state index is 0.0594. The fraction of sp³-hybridized carbons (Fsp3) is 0.0714. The van der Waals surface area contributed by atoms with E-state index in [1.54, 1.807) is 24.3 Å². The first-order valence-corrected chi connectivity index (χ1v) is 6.35. The van der Waals surface area contributed by atoms with Gasteiger partial charge in [0.1, 0.15) is 11.5 Å². The van der Waals surface area contributed by atoms with Crippen molar-refractivity contribution in [3.8, 4) is 11.5 Å². The maximum atomic E-state index is 12.4. The number of phenols is 2. The Kier molecular flexibility index (Phi) is 2.41. The van der Waals surface area contributed by atoms with Gasteiger partial charge in [0, 0.05) is 0 Å². The second-order valence-corrected chi connectivity index (χ2v) is 5.09. The zero-order chi connectivity index (χ0) is 12.9. The number of phenolic OH excluding ortho intramolecular Hbond substituents is 2. The molecule has 90 valence electrons. The lowest BCUT2D eigenvalue weighted by atomic mass is 9.84. The summed E-state index contributed by atoms with van der Waals surface area (Å²) in [6, 6.07) is 9.93. The maximum absolute atomic E-state index is 12.4. The monoisotopic (exact) mass is 304 g/mol. The first-order chi connectivity index (χ1) is 8.61. The summed E-state index contributed by atoms with van der Waals surface area (Å²) in [6.07, 6.45) is 0. The minimum atomic E-state index is -0.341. The van der Waals surface area contributed by atoms with Crippen LogP contribution >= 0.6 is 15.9 Å². The highest BCUT2D eigenvalue weighted by Gasteiger charge is 2.33. The molecular weight excluding hydrogens is 296 g/mol. The van der Waals surface area contributed by atoms with Crippen LogP contribution in [-0.2, 0) is 0 Å². The van der Waals surface area contributed by atoms with E-state index >= 15 is 0 Å². The van der Waals surface area contributed by atoms with Crippen LogP contribution in [0.25, 0.3) is 0 Å². The van der Waals surface area contributed by atoms with E-state index in [-0.39, 0.29) is 33.2 Å². The van der Waals surface area contributed by atoms with Gasteiger partial charge in [-0.15, -0.1) is 0 Å². The third kappa shape index (κ3) is 1.39. The highest BCUT2D eigenvalue weighted by Crippen LogP contribution is 2.45. The topological polar surface area (TPSA) is 57.5 Å². The largest absolute Gasteiger partial charge is 0.507 e. The van der Waals surface area contributed by atoms with E-state index in [1.165, 1.54) is 12.1 Å². The number of fused-ring (bicyclic) bond motifs is 2. The molecule has 0 unspecified atom stereocenters. The van der Waals surface area contributed by atoms with E-state index in [2.05, 4.69) is 15.9 Å². The van der Waals surface area contributed by atoms with Crippen LogP contribution in [0.5, 0.6) is 11.5 Å². The van der Waals surface area contributed by atoms with Crippen molar-refractivity contribution in [1.82, 2.24) is 0 Å². The van der Waals surface area contributed by atoms with Crippen LogP contribution in [0.15, 0.2) is 36.4 Å². The summed E-state index contributed by atoms with van der Waals surface area (Å²) in [5, 5.41) is 19.7. The molecule has 1 aliphatic carbocycles. The molecule has 0 amide bonds. The van der Waals surface area contributed by atoms with E-state index in [1.807, 2.05) is 0 Å². The molecule has 0 aromatic heterocycles. The molecule has 2 N–H and O–H groups in total. The van der Waals surface area contributed by atoms with E-state index < -0.39 is 0 Å². The van der Waals surface area contributed by atoms with Gasteiger partial charge in [0.25, 0.3) is 0 Å². The number of ketones is 1. The van der Waals surface area contributed by atoms with Gasteiger partial charge in [-0.05, 0) is 23.3 Å². The highest BCUT2D eigenvalue weighted by molar-refractivity contribution is 9.09. The van der Waals surface area contributed by atoms with Gasteiger partial charge in [-0.1, -0.05) is 40.2 Å². The molecule has 2 aromatic carbocycles. The van der Waals surface area contributed by atoms with Crippen molar-refractivity contribution in [2.24, 2.45) is 0 Å². The van der Waals surface area contributed by atoms with Crippen LogP contribution in [0.3, 0.4) is 0 Å². The fourth-order valence-corrected chi connectivity index (χ4v) is 3.09. The molecule has 0 bridgehead atoms. The Bertz CT molecular complexity index is 609. The molecule has 0 radical (unpaired) electrons. The normalized spacial score (nSPS) is 14.2. The summed E-state index contributed by atoms with van der Waals surface area (Å²) >= 11 is 3.51. The average Bonchev–Trinajstić information content (AvgIpc) is 2.35.